The van der Waals surface area contributed by atoms with E-state index in [9.17, 15) is 9.59 Å². The summed E-state index contributed by atoms with van der Waals surface area (Å²) in [5.41, 5.74) is 0.974. The van der Waals surface area contributed by atoms with E-state index < -0.39 is 0 Å². The fraction of sp³-hybridized carbons (Fsp3) is 0.562. The molecule has 1 aliphatic rings. The number of pyridine rings is 1. The van der Waals surface area contributed by atoms with Crippen LogP contribution in [0.2, 0.25) is 0 Å². The minimum absolute atomic E-state index is 0.0735. The van der Waals surface area contributed by atoms with Crippen LogP contribution in [-0.4, -0.2) is 53.3 Å². The molecule has 120 valence electrons. The maximum absolute atomic E-state index is 12.1. The third-order valence-corrected chi connectivity index (χ3v) is 4.45. The fourth-order valence-corrected chi connectivity index (χ4v) is 2.87. The molecular weight excluding hydrogens is 298 g/mol. The van der Waals surface area contributed by atoms with Crippen molar-refractivity contribution in [3.8, 4) is 0 Å². The predicted octanol–water partition coefficient (Wildman–Crippen LogP) is 1.34. The summed E-state index contributed by atoms with van der Waals surface area (Å²) in [4.78, 5) is 30.2. The van der Waals surface area contributed by atoms with Gasteiger partial charge in [0, 0.05) is 50.1 Å². The first kappa shape index (κ1) is 16.8. The molecule has 1 N–H and O–H groups in total. The molecule has 1 aromatic heterocycles. The van der Waals surface area contributed by atoms with Gasteiger partial charge in [-0.1, -0.05) is 6.07 Å². The van der Waals surface area contributed by atoms with Gasteiger partial charge in [-0.3, -0.25) is 14.6 Å². The van der Waals surface area contributed by atoms with Crippen LogP contribution < -0.4 is 5.32 Å². The molecule has 0 aromatic carbocycles. The van der Waals surface area contributed by atoms with Gasteiger partial charge in [0.2, 0.25) is 11.8 Å². The van der Waals surface area contributed by atoms with Crippen molar-refractivity contribution in [2.45, 2.75) is 19.3 Å². The average Bonchev–Trinajstić information content (AvgIpc) is 2.55. The predicted molar refractivity (Wildman–Crippen MR) is 88.6 cm³/mol. The van der Waals surface area contributed by atoms with Crippen molar-refractivity contribution in [1.29, 1.82) is 0 Å². The van der Waals surface area contributed by atoms with Crippen molar-refractivity contribution in [1.82, 2.24) is 15.2 Å². The zero-order chi connectivity index (χ0) is 15.8. The zero-order valence-corrected chi connectivity index (χ0v) is 13.8. The first-order valence-electron chi connectivity index (χ1n) is 7.65. The Kier molecular flexibility index (Phi) is 6.71. The molecule has 0 radical (unpaired) electrons. The third-order valence-electron chi connectivity index (χ3n) is 3.84. The number of thioether (sulfide) groups is 1. The molecule has 1 saturated heterocycles. The Labute approximate surface area is 135 Å². The van der Waals surface area contributed by atoms with Gasteiger partial charge in [-0.25, -0.2) is 0 Å². The Morgan fingerprint density at radius 3 is 3.09 bits per heavy atom. The van der Waals surface area contributed by atoms with Gasteiger partial charge in [0.1, 0.15) is 0 Å². The van der Waals surface area contributed by atoms with Gasteiger partial charge in [0.25, 0.3) is 0 Å². The number of likely N-dealkylation sites (tertiary alicyclic amines) is 1. The van der Waals surface area contributed by atoms with E-state index in [2.05, 4.69) is 10.3 Å². The summed E-state index contributed by atoms with van der Waals surface area (Å²) < 4.78 is 0. The molecule has 1 aromatic rings. The lowest BCUT2D eigenvalue weighted by Gasteiger charge is -2.32. The quantitative estimate of drug-likeness (QED) is 0.770. The van der Waals surface area contributed by atoms with Crippen molar-refractivity contribution in [3.63, 3.8) is 0 Å². The molecule has 0 aliphatic carbocycles. The molecular formula is C16H23N3O2S. The smallest absolute Gasteiger partial charge is 0.224 e. The summed E-state index contributed by atoms with van der Waals surface area (Å²) in [6, 6.07) is 5.79. The van der Waals surface area contributed by atoms with Gasteiger partial charge < -0.3 is 10.2 Å². The largest absolute Gasteiger partial charge is 0.355 e. The number of amides is 2. The maximum atomic E-state index is 12.1. The SMILES string of the molecule is CSCCNC(=O)C1CCC(=O)N(CCc2ccccn2)C1. The maximum Gasteiger partial charge on any atom is 0.224 e. The number of nitrogens with zero attached hydrogens (tertiary/aromatic N) is 2. The first-order chi connectivity index (χ1) is 10.7. The van der Waals surface area contributed by atoms with Gasteiger partial charge in [-0.05, 0) is 24.8 Å². The van der Waals surface area contributed by atoms with E-state index in [-0.39, 0.29) is 17.7 Å². The second-order valence-corrected chi connectivity index (χ2v) is 6.42. The molecule has 2 amide bonds. The molecule has 22 heavy (non-hydrogen) atoms. The van der Waals surface area contributed by atoms with Crippen LogP contribution in [-0.2, 0) is 16.0 Å². The number of piperidine rings is 1. The average molecular weight is 321 g/mol. The summed E-state index contributed by atoms with van der Waals surface area (Å²) in [6.45, 7) is 1.85. The van der Waals surface area contributed by atoms with Crippen LogP contribution in [0, 0.1) is 5.92 Å². The Morgan fingerprint density at radius 2 is 2.36 bits per heavy atom. The minimum Gasteiger partial charge on any atom is -0.355 e. The number of rotatable bonds is 7. The normalized spacial score (nSPS) is 18.3. The Balaban J connectivity index is 1.82. The van der Waals surface area contributed by atoms with E-state index in [1.165, 1.54) is 0 Å². The number of hydrogen-bond donors (Lipinski definition) is 1. The highest BCUT2D eigenvalue weighted by molar-refractivity contribution is 7.98. The van der Waals surface area contributed by atoms with Crippen LogP contribution in [0.25, 0.3) is 0 Å². The molecule has 0 bridgehead atoms. The standard InChI is InChI=1S/C16H23N3O2S/c1-22-11-9-18-16(21)13-5-6-15(20)19(12-13)10-7-14-4-2-3-8-17-14/h2-4,8,13H,5-7,9-12H2,1H3,(H,18,21). The lowest BCUT2D eigenvalue weighted by atomic mass is 9.96. The summed E-state index contributed by atoms with van der Waals surface area (Å²) in [5.74, 6) is 1.05. The molecule has 6 heteroatoms. The molecule has 0 saturated carbocycles. The van der Waals surface area contributed by atoms with Crippen molar-refractivity contribution in [3.05, 3.63) is 30.1 Å². The Morgan fingerprint density at radius 1 is 1.50 bits per heavy atom. The molecule has 5 nitrogen and oxygen atoms in total. The second-order valence-electron chi connectivity index (χ2n) is 5.43. The molecule has 0 spiro atoms. The van der Waals surface area contributed by atoms with Gasteiger partial charge in [0.15, 0.2) is 0 Å². The van der Waals surface area contributed by atoms with E-state index in [4.69, 9.17) is 0 Å². The van der Waals surface area contributed by atoms with Crippen LogP contribution in [0.3, 0.4) is 0 Å². The van der Waals surface area contributed by atoms with E-state index in [0.29, 0.717) is 32.5 Å². The summed E-state index contributed by atoms with van der Waals surface area (Å²) in [7, 11) is 0. The van der Waals surface area contributed by atoms with E-state index in [0.717, 1.165) is 17.9 Å². The molecule has 1 aliphatic heterocycles. The Hall–Kier alpha value is -1.56. The van der Waals surface area contributed by atoms with Crippen molar-refractivity contribution in [2.75, 3.05) is 31.6 Å². The topological polar surface area (TPSA) is 62.3 Å². The zero-order valence-electron chi connectivity index (χ0n) is 13.0. The fourth-order valence-electron chi connectivity index (χ4n) is 2.56. The van der Waals surface area contributed by atoms with E-state index in [1.54, 1.807) is 22.9 Å². The highest BCUT2D eigenvalue weighted by Crippen LogP contribution is 2.18. The van der Waals surface area contributed by atoms with Crippen LogP contribution in [0.15, 0.2) is 24.4 Å². The molecule has 2 rings (SSSR count). The van der Waals surface area contributed by atoms with Crippen molar-refractivity contribution < 1.29 is 9.59 Å². The third kappa shape index (κ3) is 5.02. The van der Waals surface area contributed by atoms with Gasteiger partial charge in [-0.2, -0.15) is 11.8 Å². The number of carbonyl (C=O) groups excluding carboxylic acids is 2. The monoisotopic (exact) mass is 321 g/mol. The van der Waals surface area contributed by atoms with Crippen molar-refractivity contribution >= 4 is 23.6 Å². The second kappa shape index (κ2) is 8.78. The highest BCUT2D eigenvalue weighted by Gasteiger charge is 2.29. The van der Waals surface area contributed by atoms with Gasteiger partial charge in [0.05, 0.1) is 5.92 Å². The van der Waals surface area contributed by atoms with Crippen LogP contribution in [0.5, 0.6) is 0 Å². The molecule has 2 heterocycles. The number of nitrogens with one attached hydrogen (secondary N) is 1. The van der Waals surface area contributed by atoms with E-state index in [1.807, 2.05) is 24.5 Å². The van der Waals surface area contributed by atoms with Gasteiger partial charge >= 0.3 is 0 Å². The number of hydrogen-bond acceptors (Lipinski definition) is 4. The lowest BCUT2D eigenvalue weighted by molar-refractivity contribution is -0.138. The molecule has 1 unspecified atom stereocenters. The van der Waals surface area contributed by atoms with Crippen LogP contribution in [0.4, 0.5) is 0 Å². The van der Waals surface area contributed by atoms with Crippen molar-refractivity contribution in [2.24, 2.45) is 5.92 Å². The van der Waals surface area contributed by atoms with E-state index >= 15 is 0 Å². The Bertz CT molecular complexity index is 495. The summed E-state index contributed by atoms with van der Waals surface area (Å²) in [6.07, 6.45) is 5.63. The first-order valence-corrected chi connectivity index (χ1v) is 9.04. The lowest BCUT2D eigenvalue weighted by Crippen LogP contribution is -2.46. The highest BCUT2D eigenvalue weighted by atomic mass is 32.2. The summed E-state index contributed by atoms with van der Waals surface area (Å²) in [5, 5.41) is 2.95. The minimum atomic E-state index is -0.0803. The molecule has 1 fully saturated rings. The van der Waals surface area contributed by atoms with Crippen LogP contribution in [0.1, 0.15) is 18.5 Å². The van der Waals surface area contributed by atoms with Crippen LogP contribution >= 0.6 is 11.8 Å². The number of aromatic nitrogens is 1. The van der Waals surface area contributed by atoms with Gasteiger partial charge in [-0.15, -0.1) is 0 Å². The number of carbonyl (C=O) groups is 2. The molecule has 1 atom stereocenters. The summed E-state index contributed by atoms with van der Waals surface area (Å²) >= 11 is 1.71.